The highest BCUT2D eigenvalue weighted by atomic mass is 16.3. The molecule has 0 saturated carbocycles. The molecule has 0 aromatic carbocycles. The second-order valence-electron chi connectivity index (χ2n) is 2.29. The maximum Gasteiger partial charge on any atom is 0.0837 e. The van der Waals surface area contributed by atoms with Crippen molar-refractivity contribution in [1.29, 1.82) is 0 Å². The first kappa shape index (κ1) is 6.05. The van der Waals surface area contributed by atoms with E-state index >= 15 is 0 Å². The second-order valence-corrected chi connectivity index (χ2v) is 2.29. The van der Waals surface area contributed by atoms with E-state index in [1.54, 1.807) is 0 Å². The first-order valence-electron chi connectivity index (χ1n) is 3.25. The largest absolute Gasteiger partial charge is 0.314 e. The van der Waals surface area contributed by atoms with Crippen LogP contribution in [0, 0.1) is 0 Å². The van der Waals surface area contributed by atoms with Crippen LogP contribution in [0.2, 0.25) is 0 Å². The molecule has 1 aliphatic heterocycles. The topological polar surface area (TPSA) is 31.9 Å². The van der Waals surface area contributed by atoms with E-state index in [2.05, 4.69) is 5.32 Å². The molecule has 1 rings (SSSR count). The van der Waals surface area contributed by atoms with Gasteiger partial charge in [0.15, 0.2) is 0 Å². The van der Waals surface area contributed by atoms with Gasteiger partial charge in [-0.2, -0.15) is 0 Å². The summed E-state index contributed by atoms with van der Waals surface area (Å²) in [5, 5.41) is 13.3. The van der Waals surface area contributed by atoms with Crippen molar-refractivity contribution in [3.8, 4) is 0 Å². The van der Waals surface area contributed by atoms with Crippen molar-refractivity contribution in [3.63, 3.8) is 0 Å². The maximum absolute atomic E-state index is 10.0. The van der Waals surface area contributed by atoms with Gasteiger partial charge in [0.05, 0.1) is 6.61 Å². The molecule has 1 aliphatic rings. The first-order valence-corrected chi connectivity index (χ1v) is 3.25. The van der Waals surface area contributed by atoms with Crippen molar-refractivity contribution >= 4 is 0 Å². The fourth-order valence-corrected chi connectivity index (χ4v) is 1.15. The highest BCUT2D eigenvalue weighted by Crippen LogP contribution is 2.06. The minimum absolute atomic E-state index is 0.0810. The average Bonchev–Trinajstić information content (AvgIpc) is 2.19. The predicted molar refractivity (Wildman–Crippen MR) is 31.2 cm³/mol. The minimum Gasteiger partial charge on any atom is -0.314 e. The number of hydrogen-bond donors (Lipinski definition) is 1. The molecular formula is C6H12NO. The molecule has 8 heavy (non-hydrogen) atoms. The van der Waals surface area contributed by atoms with Gasteiger partial charge < -0.3 is 5.32 Å². The van der Waals surface area contributed by atoms with E-state index in [1.807, 2.05) is 0 Å². The first-order chi connectivity index (χ1) is 3.93. The Morgan fingerprint density at radius 1 is 1.62 bits per heavy atom. The summed E-state index contributed by atoms with van der Waals surface area (Å²) in [6.45, 7) is 1.20. The minimum atomic E-state index is 0.0810. The van der Waals surface area contributed by atoms with E-state index in [0.29, 0.717) is 6.04 Å². The Labute approximate surface area is 49.9 Å². The van der Waals surface area contributed by atoms with Crippen LogP contribution in [0.1, 0.15) is 19.3 Å². The summed E-state index contributed by atoms with van der Waals surface area (Å²) < 4.78 is 0. The lowest BCUT2D eigenvalue weighted by molar-refractivity contribution is 0.179. The zero-order valence-electron chi connectivity index (χ0n) is 5.02. The molecule has 0 aromatic heterocycles. The van der Waals surface area contributed by atoms with Crippen LogP contribution in [0.5, 0.6) is 0 Å². The molecule has 1 radical (unpaired) electrons. The Morgan fingerprint density at radius 3 is 3.00 bits per heavy atom. The molecule has 1 fully saturated rings. The zero-order chi connectivity index (χ0) is 5.82. The Hall–Kier alpha value is -0.0800. The van der Waals surface area contributed by atoms with Gasteiger partial charge in [-0.25, -0.2) is 5.11 Å². The zero-order valence-corrected chi connectivity index (χ0v) is 5.02. The van der Waals surface area contributed by atoms with Gasteiger partial charge in [0.25, 0.3) is 0 Å². The van der Waals surface area contributed by atoms with Gasteiger partial charge in [-0.1, -0.05) is 0 Å². The standard InChI is InChI=1S/C6H12NO/c8-5-3-6-2-1-4-7-6/h6-7H,1-5H2. The summed E-state index contributed by atoms with van der Waals surface area (Å²) in [4.78, 5) is 0. The third-order valence-corrected chi connectivity index (χ3v) is 1.63. The van der Waals surface area contributed by atoms with Crippen molar-refractivity contribution in [1.82, 2.24) is 5.32 Å². The highest BCUT2D eigenvalue weighted by molar-refractivity contribution is 4.72. The molecule has 0 aliphatic carbocycles. The monoisotopic (exact) mass is 114 g/mol. The SMILES string of the molecule is [O]CCC1CCCN1. The molecule has 0 bridgehead atoms. The van der Waals surface area contributed by atoms with Gasteiger partial charge in [0, 0.05) is 6.04 Å². The van der Waals surface area contributed by atoms with Crippen LogP contribution in [-0.4, -0.2) is 19.2 Å². The Morgan fingerprint density at radius 2 is 2.50 bits per heavy atom. The lowest BCUT2D eigenvalue weighted by atomic mass is 10.2. The molecule has 0 spiro atoms. The molecule has 1 saturated heterocycles. The third-order valence-electron chi connectivity index (χ3n) is 1.63. The van der Waals surface area contributed by atoms with Crippen LogP contribution in [0.4, 0.5) is 0 Å². The smallest absolute Gasteiger partial charge is 0.0837 e. The molecule has 0 aromatic rings. The Bertz CT molecular complexity index is 59.5. The summed E-state index contributed by atoms with van der Waals surface area (Å²) >= 11 is 0. The van der Waals surface area contributed by atoms with Crippen molar-refractivity contribution < 1.29 is 5.11 Å². The molecule has 1 unspecified atom stereocenters. The van der Waals surface area contributed by atoms with Gasteiger partial charge in [-0.3, -0.25) is 0 Å². The second kappa shape index (κ2) is 3.05. The van der Waals surface area contributed by atoms with E-state index in [0.717, 1.165) is 13.0 Å². The van der Waals surface area contributed by atoms with Crippen molar-refractivity contribution in [2.45, 2.75) is 25.3 Å². The van der Waals surface area contributed by atoms with Crippen LogP contribution in [0.15, 0.2) is 0 Å². The van der Waals surface area contributed by atoms with E-state index in [1.165, 1.54) is 12.8 Å². The lowest BCUT2D eigenvalue weighted by Gasteiger charge is -2.04. The van der Waals surface area contributed by atoms with Gasteiger partial charge in [0.2, 0.25) is 0 Å². The van der Waals surface area contributed by atoms with Crippen LogP contribution in [-0.2, 0) is 5.11 Å². The van der Waals surface area contributed by atoms with E-state index < -0.39 is 0 Å². The molecule has 47 valence electrons. The van der Waals surface area contributed by atoms with Crippen LogP contribution < -0.4 is 5.32 Å². The third kappa shape index (κ3) is 1.46. The number of hydrogen-bond acceptors (Lipinski definition) is 1. The van der Waals surface area contributed by atoms with Gasteiger partial charge in [0.1, 0.15) is 0 Å². The fraction of sp³-hybridized carbons (Fsp3) is 1.00. The number of nitrogens with one attached hydrogen (secondary N) is 1. The maximum atomic E-state index is 10.0. The fourth-order valence-electron chi connectivity index (χ4n) is 1.15. The van der Waals surface area contributed by atoms with Crippen molar-refractivity contribution in [3.05, 3.63) is 0 Å². The summed E-state index contributed by atoms with van der Waals surface area (Å²) in [6, 6.07) is 0.549. The predicted octanol–water partition coefficient (Wildman–Crippen LogP) is 0.559. The summed E-state index contributed by atoms with van der Waals surface area (Å²) in [6.07, 6.45) is 3.28. The summed E-state index contributed by atoms with van der Waals surface area (Å²) in [5.41, 5.74) is 0. The van der Waals surface area contributed by atoms with Crippen molar-refractivity contribution in [2.24, 2.45) is 0 Å². The van der Waals surface area contributed by atoms with Gasteiger partial charge in [-0.15, -0.1) is 0 Å². The van der Waals surface area contributed by atoms with Crippen LogP contribution in [0.3, 0.4) is 0 Å². The Balaban J connectivity index is 2.06. The molecule has 2 nitrogen and oxygen atoms in total. The summed E-state index contributed by atoms with van der Waals surface area (Å²) in [5.74, 6) is 0. The molecular weight excluding hydrogens is 102 g/mol. The van der Waals surface area contributed by atoms with E-state index in [9.17, 15) is 5.11 Å². The molecule has 1 N–H and O–H groups in total. The van der Waals surface area contributed by atoms with Gasteiger partial charge >= 0.3 is 0 Å². The molecule has 1 atom stereocenters. The molecule has 0 amide bonds. The molecule has 1 heterocycles. The quantitative estimate of drug-likeness (QED) is 0.559. The highest BCUT2D eigenvalue weighted by Gasteiger charge is 2.11. The van der Waals surface area contributed by atoms with E-state index in [4.69, 9.17) is 0 Å². The van der Waals surface area contributed by atoms with E-state index in [-0.39, 0.29) is 6.61 Å². The summed E-state index contributed by atoms with van der Waals surface area (Å²) in [7, 11) is 0. The normalized spacial score (nSPS) is 28.9. The Kier molecular flexibility index (Phi) is 2.30. The average molecular weight is 114 g/mol. The molecule has 2 heteroatoms. The van der Waals surface area contributed by atoms with Crippen LogP contribution >= 0.6 is 0 Å². The number of rotatable bonds is 2. The van der Waals surface area contributed by atoms with Gasteiger partial charge in [-0.05, 0) is 25.8 Å². The van der Waals surface area contributed by atoms with Crippen LogP contribution in [0.25, 0.3) is 0 Å². The van der Waals surface area contributed by atoms with Crippen molar-refractivity contribution in [2.75, 3.05) is 13.2 Å². The lowest BCUT2D eigenvalue weighted by Crippen LogP contribution is -2.21.